The Morgan fingerprint density at radius 2 is 0.779 bits per heavy atom. The van der Waals surface area contributed by atoms with Crippen molar-refractivity contribution in [1.82, 2.24) is 9.13 Å². The molecule has 0 saturated carbocycles. The van der Waals surface area contributed by atoms with E-state index in [1.54, 1.807) is 0 Å². The molecule has 2 heterocycles. The van der Waals surface area contributed by atoms with Gasteiger partial charge in [0.15, 0.2) is 0 Å². The Morgan fingerprint density at radius 1 is 0.294 bits per heavy atom. The minimum Gasteiger partial charge on any atom is -0.310 e. The van der Waals surface area contributed by atoms with Crippen LogP contribution in [0.25, 0.3) is 88.0 Å². The third kappa shape index (κ3) is 4.97. The lowest BCUT2D eigenvalue weighted by molar-refractivity contribution is 0.794. The zero-order valence-corrected chi connectivity index (χ0v) is 37.0. The predicted molar refractivity (Wildman–Crippen MR) is 284 cm³/mol. The van der Waals surface area contributed by atoms with Crippen LogP contribution >= 0.6 is 0 Å². The van der Waals surface area contributed by atoms with E-state index in [9.17, 15) is 0 Å². The molecule has 0 N–H and O–H groups in total. The molecule has 0 aliphatic heterocycles. The maximum absolute atomic E-state index is 2.54. The van der Waals surface area contributed by atoms with Crippen LogP contribution in [0.15, 0.2) is 249 Å². The van der Waals surface area contributed by atoms with Crippen LogP contribution in [-0.2, 0) is 5.41 Å². The van der Waals surface area contributed by atoms with E-state index in [0.29, 0.717) is 0 Å². The van der Waals surface area contributed by atoms with Crippen molar-refractivity contribution in [1.29, 1.82) is 0 Å². The number of hydrogen-bond donors (Lipinski definition) is 0. The number of rotatable bonds is 5. The van der Waals surface area contributed by atoms with Crippen LogP contribution in [0, 0.1) is 0 Å². The van der Waals surface area contributed by atoms with Crippen LogP contribution in [0.2, 0.25) is 0 Å². The van der Waals surface area contributed by atoms with Crippen LogP contribution in [0.4, 0.5) is 17.1 Å². The molecule has 11 aromatic carbocycles. The Morgan fingerprint density at radius 3 is 1.43 bits per heavy atom. The Balaban J connectivity index is 1.03. The summed E-state index contributed by atoms with van der Waals surface area (Å²) in [7, 11) is 0. The van der Waals surface area contributed by atoms with Crippen molar-refractivity contribution in [2.75, 3.05) is 4.90 Å². The van der Waals surface area contributed by atoms with Crippen molar-refractivity contribution in [2.45, 2.75) is 5.41 Å². The van der Waals surface area contributed by atoms with Crippen LogP contribution in [0.5, 0.6) is 0 Å². The molecule has 1 spiro atoms. The summed E-state index contributed by atoms with van der Waals surface area (Å²) in [4.78, 5) is 2.54. The molecule has 3 nitrogen and oxygen atoms in total. The van der Waals surface area contributed by atoms with E-state index < -0.39 is 5.41 Å². The Kier molecular flexibility index (Phi) is 7.71. The zero-order valence-electron chi connectivity index (χ0n) is 37.0. The molecule has 2 aliphatic rings. The van der Waals surface area contributed by atoms with Crippen molar-refractivity contribution in [3.8, 4) is 33.6 Å². The van der Waals surface area contributed by atoms with Gasteiger partial charge in [0.1, 0.15) is 0 Å². The number of anilines is 3. The maximum Gasteiger partial charge on any atom is 0.0726 e. The average molecular weight is 864 g/mol. The van der Waals surface area contributed by atoms with Gasteiger partial charge in [0.25, 0.3) is 0 Å². The highest BCUT2D eigenvalue weighted by molar-refractivity contribution is 6.13. The summed E-state index contributed by atoms with van der Waals surface area (Å²) in [5.41, 5.74) is 20.4. The number of aromatic nitrogens is 2. The molecule has 0 fully saturated rings. The zero-order chi connectivity index (χ0) is 44.5. The number of fused-ring (bicyclic) bond motifs is 17. The SMILES string of the molecule is c1ccc(-n2c3ccccc3c3cc(N(c4ccc5c(c4)c4ccccc4n5-c4ccc5ccccc5c4)c4cccc5c4-c4ccccc4C54c5ccccc5-c5ccccc54)ccc32)cc1. The molecule has 0 atom stereocenters. The highest BCUT2D eigenvalue weighted by atomic mass is 15.1. The fraction of sp³-hybridized carbons (Fsp3) is 0.0154. The van der Waals surface area contributed by atoms with E-state index in [1.807, 2.05) is 0 Å². The van der Waals surface area contributed by atoms with Gasteiger partial charge < -0.3 is 14.0 Å². The highest BCUT2D eigenvalue weighted by Gasteiger charge is 2.52. The van der Waals surface area contributed by atoms with Gasteiger partial charge in [0.05, 0.1) is 33.2 Å². The second-order valence-corrected chi connectivity index (χ2v) is 18.4. The second kappa shape index (κ2) is 14.0. The van der Waals surface area contributed by atoms with Crippen molar-refractivity contribution in [3.63, 3.8) is 0 Å². The third-order valence-corrected chi connectivity index (χ3v) is 15.1. The fourth-order valence-electron chi connectivity index (χ4n) is 12.4. The van der Waals surface area contributed by atoms with Gasteiger partial charge in [-0.15, -0.1) is 0 Å². The number of nitrogens with zero attached hydrogens (tertiary/aromatic N) is 3. The number of benzene rings is 11. The minimum absolute atomic E-state index is 0.467. The number of hydrogen-bond acceptors (Lipinski definition) is 1. The van der Waals surface area contributed by atoms with E-state index >= 15 is 0 Å². The molecule has 15 rings (SSSR count). The van der Waals surface area contributed by atoms with Crippen molar-refractivity contribution >= 4 is 71.4 Å². The summed E-state index contributed by atoms with van der Waals surface area (Å²) in [5, 5.41) is 7.34. The predicted octanol–water partition coefficient (Wildman–Crippen LogP) is 16.8. The second-order valence-electron chi connectivity index (χ2n) is 18.4. The molecule has 2 aliphatic carbocycles. The van der Waals surface area contributed by atoms with Crippen molar-refractivity contribution < 1.29 is 0 Å². The molecule has 68 heavy (non-hydrogen) atoms. The van der Waals surface area contributed by atoms with E-state index in [4.69, 9.17) is 0 Å². The van der Waals surface area contributed by atoms with E-state index in [0.717, 1.165) is 28.4 Å². The molecular weight excluding hydrogens is 823 g/mol. The van der Waals surface area contributed by atoms with Gasteiger partial charge in [0.2, 0.25) is 0 Å². The van der Waals surface area contributed by atoms with Gasteiger partial charge in [-0.25, -0.2) is 0 Å². The molecule has 0 unspecified atom stereocenters. The maximum atomic E-state index is 2.54. The van der Waals surface area contributed by atoms with Crippen LogP contribution in [0.1, 0.15) is 22.3 Å². The topological polar surface area (TPSA) is 13.1 Å². The smallest absolute Gasteiger partial charge is 0.0726 e. The third-order valence-electron chi connectivity index (χ3n) is 15.1. The first-order valence-electron chi connectivity index (χ1n) is 23.6. The normalized spacial score (nSPS) is 13.1. The Labute approximate surface area is 393 Å². The summed E-state index contributed by atoms with van der Waals surface area (Å²) in [6.07, 6.45) is 0. The standard InChI is InChI=1S/C65H41N3/c1-2-19-44(20-3-1)67-59-30-14-9-23-50(59)53-40-46(35-37-61(53)67)66(47-36-38-62-54(41-47)51-24-10-15-31-60(51)68(62)45-34-33-42-17-4-5-18-43(42)39-45)63-32-16-29-58-64(63)52-25-8-13-28-57(52)65(58)55-26-11-6-21-48(55)49-22-7-12-27-56(49)65/h1-41H. The average Bonchev–Trinajstić information content (AvgIpc) is 4.11. The van der Waals surface area contributed by atoms with Crippen molar-refractivity contribution in [3.05, 3.63) is 271 Å². The largest absolute Gasteiger partial charge is 0.310 e. The van der Waals surface area contributed by atoms with Gasteiger partial charge in [-0.1, -0.05) is 170 Å². The summed E-state index contributed by atoms with van der Waals surface area (Å²) in [5.74, 6) is 0. The first-order chi connectivity index (χ1) is 33.8. The lowest BCUT2D eigenvalue weighted by Crippen LogP contribution is -2.26. The lowest BCUT2D eigenvalue weighted by Gasteiger charge is -2.32. The molecular formula is C65H41N3. The van der Waals surface area contributed by atoms with Crippen molar-refractivity contribution in [2.24, 2.45) is 0 Å². The Bertz CT molecular complexity index is 4180. The first kappa shape index (κ1) is 37.3. The quantitative estimate of drug-likeness (QED) is 0.168. The molecule has 3 heteroatoms. The Hall–Kier alpha value is -8.92. The fourth-order valence-corrected chi connectivity index (χ4v) is 12.4. The molecule has 0 saturated heterocycles. The highest BCUT2D eigenvalue weighted by Crippen LogP contribution is 2.64. The molecule has 0 radical (unpaired) electrons. The molecule has 0 amide bonds. The minimum atomic E-state index is -0.467. The van der Waals surface area contributed by atoms with Gasteiger partial charge in [0, 0.05) is 49.9 Å². The van der Waals surface area contributed by atoms with Crippen LogP contribution < -0.4 is 4.90 Å². The molecule has 13 aromatic rings. The molecule has 316 valence electrons. The first-order valence-corrected chi connectivity index (χ1v) is 23.6. The summed E-state index contributed by atoms with van der Waals surface area (Å²) in [6.45, 7) is 0. The van der Waals surface area contributed by atoms with E-state index in [1.165, 1.54) is 98.9 Å². The van der Waals surface area contributed by atoms with Crippen LogP contribution in [0.3, 0.4) is 0 Å². The number of para-hydroxylation sites is 3. The van der Waals surface area contributed by atoms with Crippen LogP contribution in [-0.4, -0.2) is 9.13 Å². The van der Waals surface area contributed by atoms with Gasteiger partial charge >= 0.3 is 0 Å². The van der Waals surface area contributed by atoms with E-state index in [-0.39, 0.29) is 0 Å². The molecule has 0 bridgehead atoms. The summed E-state index contributed by atoms with van der Waals surface area (Å²) in [6, 6.07) is 92.5. The summed E-state index contributed by atoms with van der Waals surface area (Å²) < 4.78 is 4.84. The monoisotopic (exact) mass is 863 g/mol. The van der Waals surface area contributed by atoms with E-state index in [2.05, 4.69) is 263 Å². The van der Waals surface area contributed by atoms with Gasteiger partial charge in [-0.2, -0.15) is 0 Å². The van der Waals surface area contributed by atoms with Gasteiger partial charge in [-0.05, 0) is 129 Å². The molecule has 2 aromatic heterocycles. The summed E-state index contributed by atoms with van der Waals surface area (Å²) >= 11 is 0. The van der Waals surface area contributed by atoms with Gasteiger partial charge in [-0.3, -0.25) is 0 Å². The lowest BCUT2D eigenvalue weighted by atomic mass is 9.70.